The molecule has 1 aliphatic rings. The Morgan fingerprint density at radius 1 is 1.21 bits per heavy atom. The van der Waals surface area contributed by atoms with E-state index in [-0.39, 0.29) is 24.3 Å². The number of aromatic amines is 1. The molecule has 6 nitrogen and oxygen atoms in total. The van der Waals surface area contributed by atoms with Crippen LogP contribution in [-0.4, -0.2) is 34.0 Å². The SMILES string of the molecule is CC1=C(CC(=O)Nc2ccc3n[nH]c(C)c3c2)C(c2ccc(C(F)(F)F)cc2F)CC(=O)N1C. The fraction of sp³-hybridized carbons (Fsp3) is 0.292. The van der Waals surface area contributed by atoms with Crippen molar-refractivity contribution in [2.45, 2.75) is 38.8 Å². The first-order valence-electron chi connectivity index (χ1n) is 10.5. The molecule has 0 radical (unpaired) electrons. The fourth-order valence-corrected chi connectivity index (χ4v) is 4.22. The zero-order valence-corrected chi connectivity index (χ0v) is 18.7. The van der Waals surface area contributed by atoms with Crippen LogP contribution in [0.4, 0.5) is 23.2 Å². The zero-order valence-electron chi connectivity index (χ0n) is 18.7. The Labute approximate surface area is 192 Å². The molecule has 0 aliphatic carbocycles. The van der Waals surface area contributed by atoms with Crippen LogP contribution in [0.2, 0.25) is 0 Å². The molecule has 34 heavy (non-hydrogen) atoms. The summed E-state index contributed by atoms with van der Waals surface area (Å²) < 4.78 is 53.7. The van der Waals surface area contributed by atoms with Crippen LogP contribution in [-0.2, 0) is 15.8 Å². The van der Waals surface area contributed by atoms with Gasteiger partial charge in [-0.1, -0.05) is 6.07 Å². The number of carbonyl (C=O) groups is 2. The van der Waals surface area contributed by atoms with Crippen LogP contribution in [0.5, 0.6) is 0 Å². The number of allylic oxidation sites excluding steroid dienone is 1. The second kappa shape index (κ2) is 8.58. The van der Waals surface area contributed by atoms with E-state index in [1.807, 2.05) is 6.92 Å². The fourth-order valence-electron chi connectivity index (χ4n) is 4.22. The molecule has 10 heteroatoms. The van der Waals surface area contributed by atoms with E-state index in [1.165, 1.54) is 4.90 Å². The van der Waals surface area contributed by atoms with Gasteiger partial charge in [0.15, 0.2) is 0 Å². The van der Waals surface area contributed by atoms with Crippen molar-refractivity contribution in [2.75, 3.05) is 12.4 Å². The highest BCUT2D eigenvalue weighted by Gasteiger charge is 2.35. The number of H-pyrrole nitrogens is 1. The lowest BCUT2D eigenvalue weighted by molar-refractivity contribution is -0.137. The molecule has 2 aromatic carbocycles. The van der Waals surface area contributed by atoms with Gasteiger partial charge in [0, 0.05) is 41.9 Å². The maximum Gasteiger partial charge on any atom is 0.416 e. The van der Waals surface area contributed by atoms with Gasteiger partial charge in [-0.05, 0) is 55.3 Å². The third kappa shape index (κ3) is 4.40. The van der Waals surface area contributed by atoms with Crippen LogP contribution in [0.25, 0.3) is 10.9 Å². The van der Waals surface area contributed by atoms with Crippen molar-refractivity contribution in [3.8, 4) is 0 Å². The predicted octanol–water partition coefficient (Wildman–Crippen LogP) is 5.28. The lowest BCUT2D eigenvalue weighted by Gasteiger charge is -2.33. The van der Waals surface area contributed by atoms with Gasteiger partial charge in [-0.2, -0.15) is 18.3 Å². The molecule has 0 spiro atoms. The van der Waals surface area contributed by atoms with Crippen LogP contribution < -0.4 is 5.32 Å². The summed E-state index contributed by atoms with van der Waals surface area (Å²) in [5.41, 5.74) is 1.91. The minimum atomic E-state index is -4.69. The van der Waals surface area contributed by atoms with E-state index in [9.17, 15) is 27.2 Å². The Balaban J connectivity index is 1.63. The van der Waals surface area contributed by atoms with E-state index in [0.717, 1.165) is 28.7 Å². The van der Waals surface area contributed by atoms with Gasteiger partial charge in [-0.3, -0.25) is 14.7 Å². The van der Waals surface area contributed by atoms with E-state index in [0.29, 0.717) is 23.0 Å². The van der Waals surface area contributed by atoms with E-state index >= 15 is 0 Å². The quantitative estimate of drug-likeness (QED) is 0.505. The maximum atomic E-state index is 14.8. The number of hydrogen-bond acceptors (Lipinski definition) is 3. The average Bonchev–Trinajstić information content (AvgIpc) is 3.13. The number of alkyl halides is 3. The van der Waals surface area contributed by atoms with Crippen molar-refractivity contribution in [1.82, 2.24) is 15.1 Å². The molecule has 1 unspecified atom stereocenters. The van der Waals surface area contributed by atoms with Crippen molar-refractivity contribution in [3.63, 3.8) is 0 Å². The molecule has 2 amide bonds. The molecule has 0 saturated heterocycles. The van der Waals surface area contributed by atoms with Gasteiger partial charge in [0.1, 0.15) is 5.82 Å². The zero-order chi connectivity index (χ0) is 24.8. The molecule has 1 aliphatic heterocycles. The maximum absolute atomic E-state index is 14.8. The molecule has 1 atom stereocenters. The van der Waals surface area contributed by atoms with Crippen LogP contribution in [0.1, 0.15) is 42.5 Å². The van der Waals surface area contributed by atoms with Crippen molar-refractivity contribution in [2.24, 2.45) is 0 Å². The first kappa shape index (κ1) is 23.5. The van der Waals surface area contributed by atoms with E-state index < -0.39 is 29.4 Å². The van der Waals surface area contributed by atoms with Gasteiger partial charge in [0.05, 0.1) is 17.5 Å². The van der Waals surface area contributed by atoms with Crippen LogP contribution >= 0.6 is 0 Å². The van der Waals surface area contributed by atoms with Gasteiger partial charge in [0.2, 0.25) is 11.8 Å². The largest absolute Gasteiger partial charge is 0.416 e. The summed E-state index contributed by atoms with van der Waals surface area (Å²) in [5.74, 6) is -2.62. The molecule has 3 aromatic rings. The summed E-state index contributed by atoms with van der Waals surface area (Å²) >= 11 is 0. The van der Waals surface area contributed by atoms with Gasteiger partial charge in [-0.25, -0.2) is 4.39 Å². The normalized spacial score (nSPS) is 17.0. The standard InChI is InChI=1S/C24H22F4N4O2/c1-12-17-9-15(5-7-21(17)31-30-12)29-22(33)10-18-13(2)32(3)23(34)11-19(18)16-6-4-14(8-20(16)25)24(26,27)28/h4-9,19H,10-11H2,1-3H3,(H,29,33)(H,30,31). The van der Waals surface area contributed by atoms with Crippen molar-refractivity contribution >= 4 is 28.4 Å². The summed E-state index contributed by atoms with van der Waals surface area (Å²) in [4.78, 5) is 26.7. The lowest BCUT2D eigenvalue weighted by Crippen LogP contribution is -2.34. The second-order valence-corrected chi connectivity index (χ2v) is 8.36. The first-order valence-corrected chi connectivity index (χ1v) is 10.5. The Kier molecular flexibility index (Phi) is 5.93. The van der Waals surface area contributed by atoms with Gasteiger partial charge >= 0.3 is 6.18 Å². The molecule has 2 N–H and O–H groups in total. The summed E-state index contributed by atoms with van der Waals surface area (Å²) in [6, 6.07) is 7.49. The second-order valence-electron chi connectivity index (χ2n) is 8.36. The molecule has 0 bridgehead atoms. The third-order valence-corrected chi connectivity index (χ3v) is 6.22. The van der Waals surface area contributed by atoms with Gasteiger partial charge in [-0.15, -0.1) is 0 Å². The van der Waals surface area contributed by atoms with E-state index in [2.05, 4.69) is 15.5 Å². The summed E-state index contributed by atoms with van der Waals surface area (Å²) in [6.07, 6.45) is -5.00. The minimum Gasteiger partial charge on any atom is -0.326 e. The number of hydrogen-bond donors (Lipinski definition) is 2. The Bertz CT molecular complexity index is 1330. The number of fused-ring (bicyclic) bond motifs is 1. The molecular formula is C24H22F4N4O2. The number of benzene rings is 2. The highest BCUT2D eigenvalue weighted by atomic mass is 19.4. The van der Waals surface area contributed by atoms with Gasteiger partial charge in [0.25, 0.3) is 0 Å². The summed E-state index contributed by atoms with van der Waals surface area (Å²) in [6.45, 7) is 3.49. The highest BCUT2D eigenvalue weighted by molar-refractivity contribution is 5.96. The number of aromatic nitrogens is 2. The monoisotopic (exact) mass is 474 g/mol. The van der Waals surface area contributed by atoms with Crippen molar-refractivity contribution in [1.29, 1.82) is 0 Å². The Morgan fingerprint density at radius 2 is 1.94 bits per heavy atom. The van der Waals surface area contributed by atoms with E-state index in [1.54, 1.807) is 32.2 Å². The molecule has 0 fully saturated rings. The summed E-state index contributed by atoms with van der Waals surface area (Å²) in [5, 5.41) is 10.7. The predicted molar refractivity (Wildman–Crippen MR) is 118 cm³/mol. The van der Waals surface area contributed by atoms with Crippen LogP contribution in [0.3, 0.4) is 0 Å². The topological polar surface area (TPSA) is 78.1 Å². The number of carbonyl (C=O) groups excluding carboxylic acids is 2. The molecule has 0 saturated carbocycles. The number of nitrogens with one attached hydrogen (secondary N) is 2. The number of amides is 2. The highest BCUT2D eigenvalue weighted by Crippen LogP contribution is 2.40. The van der Waals surface area contributed by atoms with Crippen LogP contribution in [0, 0.1) is 12.7 Å². The number of halogens is 4. The minimum absolute atomic E-state index is 0.0490. The third-order valence-electron chi connectivity index (χ3n) is 6.22. The van der Waals surface area contributed by atoms with Crippen molar-refractivity contribution in [3.05, 3.63) is 70.3 Å². The first-order chi connectivity index (χ1) is 16.0. The number of nitrogens with zero attached hydrogens (tertiary/aromatic N) is 2. The Morgan fingerprint density at radius 3 is 2.62 bits per heavy atom. The summed E-state index contributed by atoms with van der Waals surface area (Å²) in [7, 11) is 1.55. The van der Waals surface area contributed by atoms with Crippen LogP contribution in [0.15, 0.2) is 47.7 Å². The number of rotatable bonds is 4. The lowest BCUT2D eigenvalue weighted by atomic mass is 9.81. The molecular weight excluding hydrogens is 452 g/mol. The average molecular weight is 474 g/mol. The molecule has 2 heterocycles. The smallest absolute Gasteiger partial charge is 0.326 e. The number of anilines is 1. The molecule has 178 valence electrons. The van der Waals surface area contributed by atoms with Crippen molar-refractivity contribution < 1.29 is 27.2 Å². The van der Waals surface area contributed by atoms with E-state index in [4.69, 9.17) is 0 Å². The molecule has 1 aromatic heterocycles. The molecule has 4 rings (SSSR count). The Hall–Kier alpha value is -3.69. The number of aryl methyl sites for hydroxylation is 1. The van der Waals surface area contributed by atoms with Gasteiger partial charge < -0.3 is 10.2 Å².